The van der Waals surface area contributed by atoms with Crippen molar-refractivity contribution in [2.75, 3.05) is 6.54 Å². The van der Waals surface area contributed by atoms with Gasteiger partial charge < -0.3 is 15.5 Å². The van der Waals surface area contributed by atoms with E-state index < -0.39 is 0 Å². The molecule has 0 aromatic rings. The molecule has 0 aromatic heterocycles. The number of rotatable bonds is 4. The van der Waals surface area contributed by atoms with Gasteiger partial charge in [-0.3, -0.25) is 0 Å². The first-order valence-electron chi connectivity index (χ1n) is 4.83. The molecule has 3 nitrogen and oxygen atoms in total. The maximum atomic E-state index is 9.43. The van der Waals surface area contributed by atoms with Gasteiger partial charge >= 0.3 is 0 Å². The van der Waals surface area contributed by atoms with Crippen molar-refractivity contribution in [1.82, 2.24) is 5.32 Å². The van der Waals surface area contributed by atoms with Gasteiger partial charge in [0.2, 0.25) is 0 Å². The first kappa shape index (κ1) is 9.96. The molecule has 72 valence electrons. The molecular weight excluding hydrogens is 154 g/mol. The Bertz CT molecular complexity index is 130. The highest BCUT2D eigenvalue weighted by Gasteiger charge is 2.24. The van der Waals surface area contributed by atoms with Gasteiger partial charge in [-0.1, -0.05) is 6.92 Å². The minimum absolute atomic E-state index is 0.200. The third-order valence-corrected chi connectivity index (χ3v) is 2.57. The van der Waals surface area contributed by atoms with E-state index in [1.54, 1.807) is 0 Å². The Kier molecular flexibility index (Phi) is 3.98. The molecule has 0 saturated heterocycles. The normalized spacial score (nSPS) is 32.2. The second-order valence-corrected chi connectivity index (χ2v) is 3.58. The maximum absolute atomic E-state index is 9.43. The van der Waals surface area contributed by atoms with Crippen LogP contribution in [-0.2, 0) is 0 Å². The average Bonchev–Trinajstić information content (AvgIpc) is 2.47. The Labute approximate surface area is 73.8 Å². The molecular formula is C9H19NO2. The summed E-state index contributed by atoms with van der Waals surface area (Å²) < 4.78 is 0. The minimum atomic E-state index is -0.266. The van der Waals surface area contributed by atoms with Crippen LogP contribution in [0.5, 0.6) is 0 Å². The molecule has 3 atom stereocenters. The Morgan fingerprint density at radius 3 is 2.75 bits per heavy atom. The number of aliphatic hydroxyl groups excluding tert-OH is 2. The summed E-state index contributed by atoms with van der Waals surface area (Å²) in [5.74, 6) is 0. The van der Waals surface area contributed by atoms with Crippen LogP contribution in [-0.4, -0.2) is 35.0 Å². The summed E-state index contributed by atoms with van der Waals surface area (Å²) in [5, 5.41) is 21.9. The molecule has 12 heavy (non-hydrogen) atoms. The molecule has 1 aliphatic carbocycles. The van der Waals surface area contributed by atoms with Crippen molar-refractivity contribution < 1.29 is 10.2 Å². The molecule has 0 aliphatic heterocycles. The molecule has 1 rings (SSSR count). The van der Waals surface area contributed by atoms with Gasteiger partial charge in [0, 0.05) is 12.6 Å². The van der Waals surface area contributed by atoms with Crippen LogP contribution >= 0.6 is 0 Å². The molecule has 1 saturated carbocycles. The van der Waals surface area contributed by atoms with E-state index in [0.29, 0.717) is 6.54 Å². The van der Waals surface area contributed by atoms with Gasteiger partial charge in [0.1, 0.15) is 0 Å². The highest BCUT2D eigenvalue weighted by molar-refractivity contribution is 4.82. The van der Waals surface area contributed by atoms with Gasteiger partial charge in [-0.2, -0.15) is 0 Å². The molecule has 1 aliphatic rings. The van der Waals surface area contributed by atoms with Crippen LogP contribution < -0.4 is 5.32 Å². The Morgan fingerprint density at radius 2 is 2.25 bits per heavy atom. The van der Waals surface area contributed by atoms with Crippen LogP contribution in [0.3, 0.4) is 0 Å². The van der Waals surface area contributed by atoms with E-state index in [4.69, 9.17) is 0 Å². The monoisotopic (exact) mass is 173 g/mol. The predicted molar refractivity (Wildman–Crippen MR) is 47.9 cm³/mol. The van der Waals surface area contributed by atoms with Crippen molar-refractivity contribution >= 4 is 0 Å². The van der Waals surface area contributed by atoms with Crippen molar-refractivity contribution in [3.8, 4) is 0 Å². The number of hydrogen-bond donors (Lipinski definition) is 3. The summed E-state index contributed by atoms with van der Waals surface area (Å²) >= 11 is 0. The fourth-order valence-corrected chi connectivity index (χ4v) is 1.61. The quantitative estimate of drug-likeness (QED) is 0.571. The van der Waals surface area contributed by atoms with E-state index in [2.05, 4.69) is 5.32 Å². The molecule has 0 heterocycles. The smallest absolute Gasteiger partial charge is 0.0693 e. The fourth-order valence-electron chi connectivity index (χ4n) is 1.61. The first-order chi connectivity index (χ1) is 5.74. The van der Waals surface area contributed by atoms with E-state index in [1.807, 2.05) is 6.92 Å². The SMILES string of the molecule is CCC(O)CN[C@@H]1CCC[C@H]1O. The van der Waals surface area contributed by atoms with Crippen molar-refractivity contribution in [2.45, 2.75) is 50.9 Å². The highest BCUT2D eigenvalue weighted by atomic mass is 16.3. The lowest BCUT2D eigenvalue weighted by Crippen LogP contribution is -2.39. The third-order valence-electron chi connectivity index (χ3n) is 2.57. The summed E-state index contributed by atoms with van der Waals surface area (Å²) in [6.45, 7) is 2.57. The molecule has 0 spiro atoms. The Balaban J connectivity index is 2.13. The standard InChI is InChI=1S/C9H19NO2/c1-2-7(11)6-10-8-4-3-5-9(8)12/h7-12H,2-6H2,1H3/t7?,8-,9-/m1/s1. The zero-order valence-corrected chi connectivity index (χ0v) is 7.66. The number of hydrogen-bond acceptors (Lipinski definition) is 3. The molecule has 1 unspecified atom stereocenters. The van der Waals surface area contributed by atoms with Crippen molar-refractivity contribution in [1.29, 1.82) is 0 Å². The van der Waals surface area contributed by atoms with Crippen molar-refractivity contribution in [3.63, 3.8) is 0 Å². The Hall–Kier alpha value is -0.120. The van der Waals surface area contributed by atoms with Crippen LogP contribution in [0.4, 0.5) is 0 Å². The number of aliphatic hydroxyl groups is 2. The van der Waals surface area contributed by atoms with E-state index in [9.17, 15) is 10.2 Å². The molecule has 1 fully saturated rings. The largest absolute Gasteiger partial charge is 0.392 e. The van der Waals surface area contributed by atoms with Gasteiger partial charge in [0.15, 0.2) is 0 Å². The topological polar surface area (TPSA) is 52.5 Å². The molecule has 0 bridgehead atoms. The molecule has 3 N–H and O–H groups in total. The zero-order valence-electron chi connectivity index (χ0n) is 7.66. The van der Waals surface area contributed by atoms with Crippen LogP contribution in [0.25, 0.3) is 0 Å². The first-order valence-corrected chi connectivity index (χ1v) is 4.83. The average molecular weight is 173 g/mol. The molecule has 0 radical (unpaired) electrons. The Morgan fingerprint density at radius 1 is 1.50 bits per heavy atom. The summed E-state index contributed by atoms with van der Waals surface area (Å²) in [5.41, 5.74) is 0. The van der Waals surface area contributed by atoms with Gasteiger partial charge in [-0.05, 0) is 25.7 Å². The third kappa shape index (κ3) is 2.73. The zero-order chi connectivity index (χ0) is 8.97. The van der Waals surface area contributed by atoms with Gasteiger partial charge in [-0.15, -0.1) is 0 Å². The van der Waals surface area contributed by atoms with Crippen molar-refractivity contribution in [2.24, 2.45) is 0 Å². The summed E-state index contributed by atoms with van der Waals surface area (Å²) in [6.07, 6.45) is 3.35. The lowest BCUT2D eigenvalue weighted by atomic mass is 10.2. The highest BCUT2D eigenvalue weighted by Crippen LogP contribution is 2.18. The fraction of sp³-hybridized carbons (Fsp3) is 1.00. The predicted octanol–water partition coefficient (Wildman–Crippen LogP) is 0.260. The minimum Gasteiger partial charge on any atom is -0.392 e. The lowest BCUT2D eigenvalue weighted by Gasteiger charge is -2.18. The van der Waals surface area contributed by atoms with Crippen LogP contribution in [0.15, 0.2) is 0 Å². The van der Waals surface area contributed by atoms with Crippen LogP contribution in [0.2, 0.25) is 0 Å². The molecule has 3 heteroatoms. The van der Waals surface area contributed by atoms with Crippen molar-refractivity contribution in [3.05, 3.63) is 0 Å². The maximum Gasteiger partial charge on any atom is 0.0693 e. The summed E-state index contributed by atoms with van der Waals surface area (Å²) in [7, 11) is 0. The van der Waals surface area contributed by atoms with Gasteiger partial charge in [0.25, 0.3) is 0 Å². The van der Waals surface area contributed by atoms with E-state index in [-0.39, 0.29) is 18.2 Å². The summed E-state index contributed by atoms with van der Waals surface area (Å²) in [6, 6.07) is 0.214. The molecule has 0 amide bonds. The van der Waals surface area contributed by atoms with Crippen LogP contribution in [0, 0.1) is 0 Å². The van der Waals surface area contributed by atoms with Gasteiger partial charge in [0.05, 0.1) is 12.2 Å². The second-order valence-electron chi connectivity index (χ2n) is 3.58. The van der Waals surface area contributed by atoms with E-state index >= 15 is 0 Å². The van der Waals surface area contributed by atoms with E-state index in [1.165, 1.54) is 0 Å². The van der Waals surface area contributed by atoms with E-state index in [0.717, 1.165) is 25.7 Å². The number of nitrogens with one attached hydrogen (secondary N) is 1. The summed E-state index contributed by atoms with van der Waals surface area (Å²) in [4.78, 5) is 0. The molecule has 0 aromatic carbocycles. The van der Waals surface area contributed by atoms with Crippen LogP contribution in [0.1, 0.15) is 32.6 Å². The van der Waals surface area contributed by atoms with Gasteiger partial charge in [-0.25, -0.2) is 0 Å². The second kappa shape index (κ2) is 4.80. The lowest BCUT2D eigenvalue weighted by molar-refractivity contribution is 0.125.